The van der Waals surface area contributed by atoms with Crippen LogP contribution in [-0.4, -0.2) is 0 Å². The van der Waals surface area contributed by atoms with Crippen LogP contribution in [0.15, 0.2) is 51.4 Å². The van der Waals surface area contributed by atoms with Crippen molar-refractivity contribution < 1.29 is 0 Å². The molecule has 0 aromatic heterocycles. The Morgan fingerprint density at radius 2 is 1.78 bits per heavy atom. The monoisotopic (exact) mass is 387 g/mol. The van der Waals surface area contributed by atoms with Gasteiger partial charge in [0.15, 0.2) is 0 Å². The van der Waals surface area contributed by atoms with Crippen molar-refractivity contribution in [1.82, 2.24) is 0 Å². The second-order valence-electron chi connectivity index (χ2n) is 4.08. The Balaban J connectivity index is 2.19. The summed E-state index contributed by atoms with van der Waals surface area (Å²) >= 11 is 13.0. The van der Waals surface area contributed by atoms with Gasteiger partial charge in [-0.15, -0.1) is 0 Å². The summed E-state index contributed by atoms with van der Waals surface area (Å²) in [6.07, 6.45) is 0.777. The molecule has 0 fully saturated rings. The number of hydrogen-bond acceptors (Lipinski definition) is 1. The van der Waals surface area contributed by atoms with Gasteiger partial charge in [-0.2, -0.15) is 0 Å². The van der Waals surface area contributed by atoms with Crippen LogP contribution in [0, 0.1) is 0 Å². The van der Waals surface area contributed by atoms with Crippen LogP contribution in [0.2, 0.25) is 5.02 Å². The Labute approximate surface area is 129 Å². The maximum atomic E-state index is 6.22. The minimum absolute atomic E-state index is 0.0608. The predicted molar refractivity (Wildman–Crippen MR) is 83.9 cm³/mol. The Hall–Kier alpha value is -0.350. The van der Waals surface area contributed by atoms with E-state index in [1.165, 1.54) is 5.56 Å². The maximum Gasteiger partial charge on any atom is 0.0551 e. The van der Waals surface area contributed by atoms with Crippen molar-refractivity contribution in [3.63, 3.8) is 0 Å². The summed E-state index contributed by atoms with van der Waals surface area (Å²) in [5.74, 6) is 0. The van der Waals surface area contributed by atoms with E-state index in [9.17, 15) is 0 Å². The highest BCUT2D eigenvalue weighted by Crippen LogP contribution is 2.28. The molecule has 0 bridgehead atoms. The predicted octanol–water partition coefficient (Wildman–Crippen LogP) is 5.11. The zero-order valence-corrected chi connectivity index (χ0v) is 13.5. The van der Waals surface area contributed by atoms with Gasteiger partial charge >= 0.3 is 0 Å². The van der Waals surface area contributed by atoms with E-state index in [4.69, 9.17) is 17.3 Å². The van der Waals surface area contributed by atoms with Crippen molar-refractivity contribution in [2.45, 2.75) is 12.5 Å². The fourth-order valence-corrected chi connectivity index (χ4v) is 2.64. The lowest BCUT2D eigenvalue weighted by Crippen LogP contribution is -2.13. The fraction of sp³-hybridized carbons (Fsp3) is 0.143. The van der Waals surface area contributed by atoms with Gasteiger partial charge in [-0.25, -0.2) is 0 Å². The lowest BCUT2D eigenvalue weighted by atomic mass is 10.00. The molecule has 1 atom stereocenters. The van der Waals surface area contributed by atoms with Crippen LogP contribution in [0.1, 0.15) is 17.2 Å². The molecule has 0 aliphatic heterocycles. The van der Waals surface area contributed by atoms with Crippen LogP contribution < -0.4 is 5.73 Å². The number of halogens is 3. The average Bonchev–Trinajstić information content (AvgIpc) is 2.35. The van der Waals surface area contributed by atoms with Gasteiger partial charge in [0.2, 0.25) is 0 Å². The first-order valence-electron chi connectivity index (χ1n) is 5.52. The lowest BCUT2D eigenvalue weighted by Gasteiger charge is -2.14. The van der Waals surface area contributed by atoms with Crippen molar-refractivity contribution in [3.8, 4) is 0 Å². The summed E-state index contributed by atoms with van der Waals surface area (Å²) < 4.78 is 1.98. The molecule has 2 aromatic carbocycles. The normalized spacial score (nSPS) is 12.4. The van der Waals surface area contributed by atoms with Crippen molar-refractivity contribution in [2.75, 3.05) is 0 Å². The van der Waals surface area contributed by atoms with Crippen molar-refractivity contribution >= 4 is 43.5 Å². The molecule has 0 aliphatic rings. The molecule has 2 aromatic rings. The first kappa shape index (κ1) is 14.1. The smallest absolute Gasteiger partial charge is 0.0551 e. The van der Waals surface area contributed by atoms with E-state index in [-0.39, 0.29) is 6.04 Å². The van der Waals surface area contributed by atoms with Crippen molar-refractivity contribution in [1.29, 1.82) is 0 Å². The summed E-state index contributed by atoms with van der Waals surface area (Å²) in [5.41, 5.74) is 8.46. The molecule has 2 N–H and O–H groups in total. The van der Waals surface area contributed by atoms with Crippen LogP contribution in [0.4, 0.5) is 0 Å². The summed E-state index contributed by atoms with van der Waals surface area (Å²) in [4.78, 5) is 0. The first-order valence-corrected chi connectivity index (χ1v) is 7.48. The van der Waals surface area contributed by atoms with E-state index >= 15 is 0 Å². The third-order valence-electron chi connectivity index (χ3n) is 2.77. The molecular formula is C14H12Br2ClN. The van der Waals surface area contributed by atoms with E-state index in [1.54, 1.807) is 0 Å². The van der Waals surface area contributed by atoms with Gasteiger partial charge in [-0.3, -0.25) is 0 Å². The second kappa shape index (κ2) is 6.20. The van der Waals surface area contributed by atoms with Gasteiger partial charge in [-0.1, -0.05) is 51.8 Å². The quantitative estimate of drug-likeness (QED) is 0.776. The molecule has 0 spiro atoms. The van der Waals surface area contributed by atoms with Crippen LogP contribution >= 0.6 is 43.5 Å². The van der Waals surface area contributed by atoms with Gasteiger partial charge in [-0.05, 0) is 51.7 Å². The Kier molecular flexibility index (Phi) is 4.84. The second-order valence-corrected chi connectivity index (χ2v) is 6.19. The molecular weight excluding hydrogens is 377 g/mol. The molecule has 18 heavy (non-hydrogen) atoms. The summed E-state index contributed by atoms with van der Waals surface area (Å²) in [5, 5.41) is 0.690. The van der Waals surface area contributed by atoms with E-state index < -0.39 is 0 Å². The summed E-state index contributed by atoms with van der Waals surface area (Å²) in [6, 6.07) is 13.9. The van der Waals surface area contributed by atoms with Crippen molar-refractivity contribution in [2.24, 2.45) is 5.73 Å². The first-order chi connectivity index (χ1) is 8.58. The molecule has 0 amide bonds. The zero-order valence-electron chi connectivity index (χ0n) is 9.54. The van der Waals surface area contributed by atoms with Crippen LogP contribution in [-0.2, 0) is 6.42 Å². The lowest BCUT2D eigenvalue weighted by molar-refractivity contribution is 0.720. The van der Waals surface area contributed by atoms with Gasteiger partial charge in [0.25, 0.3) is 0 Å². The van der Waals surface area contributed by atoms with Gasteiger partial charge < -0.3 is 5.73 Å². The molecule has 0 saturated heterocycles. The maximum absolute atomic E-state index is 6.22. The molecule has 0 saturated carbocycles. The highest BCUT2D eigenvalue weighted by atomic mass is 79.9. The number of hydrogen-bond donors (Lipinski definition) is 1. The number of rotatable bonds is 3. The highest BCUT2D eigenvalue weighted by Gasteiger charge is 2.10. The third-order valence-corrected chi connectivity index (χ3v) is 4.78. The number of benzene rings is 2. The minimum atomic E-state index is -0.0608. The molecule has 0 heterocycles. The van der Waals surface area contributed by atoms with Crippen molar-refractivity contribution in [3.05, 3.63) is 67.6 Å². The molecule has 0 aliphatic carbocycles. The SMILES string of the molecule is NC(Cc1ccccc1Br)c1ccc(Br)c(Cl)c1. The molecule has 1 unspecified atom stereocenters. The third kappa shape index (κ3) is 3.35. The highest BCUT2D eigenvalue weighted by molar-refractivity contribution is 9.10. The molecule has 0 radical (unpaired) electrons. The van der Waals surface area contributed by atoms with Crippen LogP contribution in [0.5, 0.6) is 0 Å². The molecule has 1 nitrogen and oxygen atoms in total. The standard InChI is InChI=1S/C14H12Br2ClN/c15-11-4-2-1-3-9(11)8-14(18)10-5-6-12(16)13(17)7-10/h1-7,14H,8,18H2. The minimum Gasteiger partial charge on any atom is -0.324 e. The Morgan fingerprint density at radius 3 is 2.44 bits per heavy atom. The van der Waals surface area contributed by atoms with Crippen LogP contribution in [0.3, 0.4) is 0 Å². The Bertz CT molecular complexity index is 557. The number of nitrogens with two attached hydrogens (primary N) is 1. The van der Waals surface area contributed by atoms with E-state index in [0.29, 0.717) is 5.02 Å². The van der Waals surface area contributed by atoms with Gasteiger partial charge in [0.1, 0.15) is 0 Å². The zero-order chi connectivity index (χ0) is 13.1. The largest absolute Gasteiger partial charge is 0.324 e. The Morgan fingerprint density at radius 1 is 1.06 bits per heavy atom. The summed E-state index contributed by atoms with van der Waals surface area (Å²) in [7, 11) is 0. The van der Waals surface area contributed by atoms with Crippen LogP contribution in [0.25, 0.3) is 0 Å². The van der Waals surface area contributed by atoms with E-state index in [1.807, 2.05) is 36.4 Å². The van der Waals surface area contributed by atoms with E-state index in [2.05, 4.69) is 37.9 Å². The fourth-order valence-electron chi connectivity index (χ4n) is 1.76. The topological polar surface area (TPSA) is 26.0 Å². The van der Waals surface area contributed by atoms with E-state index in [0.717, 1.165) is 20.9 Å². The average molecular weight is 390 g/mol. The van der Waals surface area contributed by atoms with Gasteiger partial charge in [0, 0.05) is 15.0 Å². The van der Waals surface area contributed by atoms with Gasteiger partial charge in [0.05, 0.1) is 5.02 Å². The summed E-state index contributed by atoms with van der Waals surface area (Å²) in [6.45, 7) is 0. The molecule has 2 rings (SSSR count). The molecule has 4 heteroatoms. The molecule has 94 valence electrons.